The maximum absolute atomic E-state index is 3.57. The van der Waals surface area contributed by atoms with Gasteiger partial charge < -0.3 is 10.2 Å². The van der Waals surface area contributed by atoms with Crippen LogP contribution in [0.15, 0.2) is 22.7 Å². The lowest BCUT2D eigenvalue weighted by atomic mass is 9.86. The highest BCUT2D eigenvalue weighted by atomic mass is 79.9. The zero-order valence-electron chi connectivity index (χ0n) is 12.2. The molecular formula is C16H25BrN2. The Bertz CT molecular complexity index is 411. The van der Waals surface area contributed by atoms with Gasteiger partial charge >= 0.3 is 0 Å². The number of nitrogens with zero attached hydrogens (tertiary/aromatic N) is 1. The molecule has 106 valence electrons. The molecule has 1 aliphatic rings. The number of anilines is 1. The molecule has 0 heterocycles. The minimum Gasteiger partial charge on any atom is -0.371 e. The molecule has 0 radical (unpaired) electrons. The number of hydrogen-bond acceptors (Lipinski definition) is 2. The van der Waals surface area contributed by atoms with E-state index in [4.69, 9.17) is 0 Å². The highest BCUT2D eigenvalue weighted by molar-refractivity contribution is 9.10. The van der Waals surface area contributed by atoms with Gasteiger partial charge in [-0.15, -0.1) is 0 Å². The highest BCUT2D eigenvalue weighted by Crippen LogP contribution is 2.32. The summed E-state index contributed by atoms with van der Waals surface area (Å²) in [6.07, 6.45) is 5.39. The average Bonchev–Trinajstić information content (AvgIpc) is 2.39. The molecule has 3 heteroatoms. The standard InChI is InChI=1S/C16H25BrN2/c1-12-4-7-15(8-5-12)19(3)16-9-6-14(17)10-13(16)11-18-2/h6,9-10,12,15,18H,4-5,7-8,11H2,1-3H3. The van der Waals surface area contributed by atoms with Gasteiger partial charge in [0.15, 0.2) is 0 Å². The molecule has 19 heavy (non-hydrogen) atoms. The van der Waals surface area contributed by atoms with Crippen LogP contribution in [-0.2, 0) is 6.54 Å². The maximum atomic E-state index is 3.57. The summed E-state index contributed by atoms with van der Waals surface area (Å²) in [7, 11) is 4.26. The van der Waals surface area contributed by atoms with Crippen molar-refractivity contribution in [3.05, 3.63) is 28.2 Å². The first kappa shape index (κ1) is 14.9. The molecule has 0 unspecified atom stereocenters. The van der Waals surface area contributed by atoms with Crippen LogP contribution in [0.4, 0.5) is 5.69 Å². The Morgan fingerprint density at radius 3 is 2.58 bits per heavy atom. The summed E-state index contributed by atoms with van der Waals surface area (Å²) in [5.74, 6) is 0.909. The van der Waals surface area contributed by atoms with Gasteiger partial charge in [0.1, 0.15) is 0 Å². The third kappa shape index (κ3) is 3.73. The number of rotatable bonds is 4. The monoisotopic (exact) mass is 324 g/mol. The molecule has 1 aromatic rings. The van der Waals surface area contributed by atoms with Gasteiger partial charge in [0.05, 0.1) is 0 Å². The van der Waals surface area contributed by atoms with E-state index >= 15 is 0 Å². The number of nitrogens with one attached hydrogen (secondary N) is 1. The minimum absolute atomic E-state index is 0.702. The van der Waals surface area contributed by atoms with E-state index in [0.29, 0.717) is 6.04 Å². The summed E-state index contributed by atoms with van der Waals surface area (Å²) >= 11 is 3.57. The van der Waals surface area contributed by atoms with E-state index in [0.717, 1.165) is 16.9 Å². The van der Waals surface area contributed by atoms with Crippen LogP contribution in [0.25, 0.3) is 0 Å². The quantitative estimate of drug-likeness (QED) is 0.893. The average molecular weight is 325 g/mol. The zero-order chi connectivity index (χ0) is 13.8. The van der Waals surface area contributed by atoms with E-state index in [1.165, 1.54) is 36.9 Å². The van der Waals surface area contributed by atoms with Crippen LogP contribution in [0.5, 0.6) is 0 Å². The largest absolute Gasteiger partial charge is 0.371 e. The number of hydrogen-bond donors (Lipinski definition) is 1. The third-order valence-corrected chi connectivity index (χ3v) is 4.82. The minimum atomic E-state index is 0.702. The Morgan fingerprint density at radius 1 is 1.26 bits per heavy atom. The summed E-state index contributed by atoms with van der Waals surface area (Å²) in [5.41, 5.74) is 2.75. The molecule has 0 aromatic heterocycles. The highest BCUT2D eigenvalue weighted by Gasteiger charge is 2.23. The fourth-order valence-corrected chi connectivity index (χ4v) is 3.47. The van der Waals surface area contributed by atoms with E-state index in [-0.39, 0.29) is 0 Å². The molecule has 0 saturated heterocycles. The first-order chi connectivity index (χ1) is 9.11. The Labute approximate surface area is 125 Å². The summed E-state index contributed by atoms with van der Waals surface area (Å²) in [6.45, 7) is 3.30. The van der Waals surface area contributed by atoms with Gasteiger partial charge in [-0.25, -0.2) is 0 Å². The van der Waals surface area contributed by atoms with Crippen molar-refractivity contribution in [2.75, 3.05) is 19.0 Å². The molecule has 0 spiro atoms. The van der Waals surface area contributed by atoms with Crippen molar-refractivity contribution < 1.29 is 0 Å². The molecular weight excluding hydrogens is 300 g/mol. The molecule has 0 aliphatic heterocycles. The Kier molecular flexibility index (Phi) is 5.28. The molecule has 1 fully saturated rings. The second kappa shape index (κ2) is 6.76. The van der Waals surface area contributed by atoms with Gasteiger partial charge in [-0.2, -0.15) is 0 Å². The van der Waals surface area contributed by atoms with Crippen molar-refractivity contribution in [3.8, 4) is 0 Å². The van der Waals surface area contributed by atoms with Crippen molar-refractivity contribution in [2.24, 2.45) is 5.92 Å². The van der Waals surface area contributed by atoms with E-state index in [1.807, 2.05) is 7.05 Å². The van der Waals surface area contributed by atoms with Crippen molar-refractivity contribution in [1.29, 1.82) is 0 Å². The molecule has 0 amide bonds. The Morgan fingerprint density at radius 2 is 1.95 bits per heavy atom. The summed E-state index contributed by atoms with van der Waals surface area (Å²) in [4.78, 5) is 2.49. The van der Waals surface area contributed by atoms with Crippen LogP contribution in [0.2, 0.25) is 0 Å². The van der Waals surface area contributed by atoms with Gasteiger partial charge in [0.25, 0.3) is 0 Å². The molecule has 1 aromatic carbocycles. The van der Waals surface area contributed by atoms with Crippen LogP contribution in [0, 0.1) is 5.92 Å². The Balaban J connectivity index is 2.15. The molecule has 2 rings (SSSR count). The fraction of sp³-hybridized carbons (Fsp3) is 0.625. The van der Waals surface area contributed by atoms with Gasteiger partial charge in [-0.1, -0.05) is 22.9 Å². The Hall–Kier alpha value is -0.540. The normalized spacial score (nSPS) is 23.4. The molecule has 0 bridgehead atoms. The van der Waals surface area contributed by atoms with Crippen molar-refractivity contribution in [1.82, 2.24) is 5.32 Å². The molecule has 0 atom stereocenters. The molecule has 2 nitrogen and oxygen atoms in total. The summed E-state index contributed by atoms with van der Waals surface area (Å²) in [5, 5.41) is 3.27. The van der Waals surface area contributed by atoms with E-state index in [1.54, 1.807) is 0 Å². The SMILES string of the molecule is CNCc1cc(Br)ccc1N(C)C1CCC(C)CC1. The van der Waals surface area contributed by atoms with Crippen LogP contribution in [0.3, 0.4) is 0 Å². The number of benzene rings is 1. The van der Waals surface area contributed by atoms with Gasteiger partial charge in [0.2, 0.25) is 0 Å². The molecule has 1 aliphatic carbocycles. The second-order valence-electron chi connectivity index (χ2n) is 5.83. The lowest BCUT2D eigenvalue weighted by Gasteiger charge is -2.36. The van der Waals surface area contributed by atoms with Crippen LogP contribution in [0.1, 0.15) is 38.2 Å². The summed E-state index contributed by atoms with van der Waals surface area (Å²) in [6, 6.07) is 7.33. The van der Waals surface area contributed by atoms with E-state index in [9.17, 15) is 0 Å². The number of halogens is 1. The second-order valence-corrected chi connectivity index (χ2v) is 6.74. The lowest BCUT2D eigenvalue weighted by molar-refractivity contribution is 0.340. The third-order valence-electron chi connectivity index (χ3n) is 4.32. The topological polar surface area (TPSA) is 15.3 Å². The maximum Gasteiger partial charge on any atom is 0.0412 e. The van der Waals surface area contributed by atoms with Gasteiger partial charge in [-0.05, 0) is 62.4 Å². The van der Waals surface area contributed by atoms with Crippen LogP contribution in [-0.4, -0.2) is 20.1 Å². The van der Waals surface area contributed by atoms with Crippen LogP contribution >= 0.6 is 15.9 Å². The van der Waals surface area contributed by atoms with Crippen molar-refractivity contribution in [2.45, 2.75) is 45.2 Å². The fourth-order valence-electron chi connectivity index (χ4n) is 3.06. The molecule has 1 saturated carbocycles. The van der Waals surface area contributed by atoms with Crippen molar-refractivity contribution >= 4 is 21.6 Å². The summed E-state index contributed by atoms with van der Waals surface area (Å²) < 4.78 is 1.16. The van der Waals surface area contributed by atoms with E-state index < -0.39 is 0 Å². The van der Waals surface area contributed by atoms with Gasteiger partial charge in [0, 0.05) is 29.8 Å². The smallest absolute Gasteiger partial charge is 0.0412 e. The zero-order valence-corrected chi connectivity index (χ0v) is 13.8. The molecule has 1 N–H and O–H groups in total. The predicted molar refractivity (Wildman–Crippen MR) is 86.7 cm³/mol. The van der Waals surface area contributed by atoms with E-state index in [2.05, 4.69) is 58.3 Å². The predicted octanol–water partition coefficient (Wildman–Crippen LogP) is 4.18. The first-order valence-electron chi connectivity index (χ1n) is 7.27. The van der Waals surface area contributed by atoms with Crippen molar-refractivity contribution in [3.63, 3.8) is 0 Å². The lowest BCUT2D eigenvalue weighted by Crippen LogP contribution is -2.35. The van der Waals surface area contributed by atoms with Crippen LogP contribution < -0.4 is 10.2 Å². The van der Waals surface area contributed by atoms with Gasteiger partial charge in [-0.3, -0.25) is 0 Å². The first-order valence-corrected chi connectivity index (χ1v) is 8.07.